The first-order valence-corrected chi connectivity index (χ1v) is 6.68. The minimum absolute atomic E-state index is 0.222. The Balaban J connectivity index is 2.27. The number of fused-ring (bicyclic) bond motifs is 3. The second-order valence-electron chi connectivity index (χ2n) is 3.97. The maximum Gasteiger partial charge on any atom is 0.246 e. The van der Waals surface area contributed by atoms with Crippen molar-refractivity contribution in [2.24, 2.45) is 0 Å². The number of hydrogen-bond donors (Lipinski definition) is 1. The molecule has 88 valence electrons. The van der Waals surface area contributed by atoms with Crippen molar-refractivity contribution in [2.75, 3.05) is 4.90 Å². The van der Waals surface area contributed by atoms with Crippen molar-refractivity contribution in [1.29, 1.82) is 0 Å². The van der Waals surface area contributed by atoms with E-state index in [1.54, 1.807) is 12.3 Å². The van der Waals surface area contributed by atoms with Crippen LogP contribution in [0.1, 0.15) is 6.92 Å². The minimum atomic E-state index is -3.47. The molecule has 0 bridgehead atoms. The Morgan fingerprint density at radius 1 is 1.47 bits per heavy atom. The number of pyridine rings is 1. The molecule has 0 saturated heterocycles. The molecule has 0 spiro atoms. The van der Waals surface area contributed by atoms with Gasteiger partial charge in [-0.1, -0.05) is 6.08 Å². The molecule has 17 heavy (non-hydrogen) atoms. The molecule has 5 nitrogen and oxygen atoms in total. The lowest BCUT2D eigenvalue weighted by atomic mass is 10.2. The van der Waals surface area contributed by atoms with Crippen LogP contribution in [0.15, 0.2) is 47.3 Å². The van der Waals surface area contributed by atoms with Gasteiger partial charge >= 0.3 is 0 Å². The predicted octanol–water partition coefficient (Wildman–Crippen LogP) is 0.980. The van der Waals surface area contributed by atoms with E-state index in [0.717, 1.165) is 5.70 Å². The molecule has 6 heteroatoms. The second-order valence-corrected chi connectivity index (χ2v) is 5.65. The summed E-state index contributed by atoms with van der Waals surface area (Å²) in [5, 5.41) is 0. The van der Waals surface area contributed by atoms with Crippen LogP contribution < -0.4 is 9.62 Å². The highest BCUT2D eigenvalue weighted by Gasteiger charge is 2.35. The molecule has 0 amide bonds. The predicted molar refractivity (Wildman–Crippen MR) is 63.7 cm³/mol. The van der Waals surface area contributed by atoms with Crippen molar-refractivity contribution in [2.45, 2.75) is 18.0 Å². The Labute approximate surface area is 99.5 Å². The first-order chi connectivity index (χ1) is 8.09. The van der Waals surface area contributed by atoms with E-state index < -0.39 is 10.0 Å². The maximum atomic E-state index is 12.0. The molecule has 2 aliphatic heterocycles. The van der Waals surface area contributed by atoms with Crippen molar-refractivity contribution >= 4 is 15.7 Å². The molecule has 0 aromatic carbocycles. The van der Waals surface area contributed by atoms with Crippen LogP contribution in [0.25, 0.3) is 0 Å². The zero-order valence-corrected chi connectivity index (χ0v) is 9.98. The maximum absolute atomic E-state index is 12.0. The van der Waals surface area contributed by atoms with Gasteiger partial charge in [0.05, 0.1) is 5.69 Å². The zero-order chi connectivity index (χ0) is 12.0. The molecule has 1 aromatic heterocycles. The van der Waals surface area contributed by atoms with E-state index in [1.165, 1.54) is 6.20 Å². The summed E-state index contributed by atoms with van der Waals surface area (Å²) in [5.41, 5.74) is 1.66. The highest BCUT2D eigenvalue weighted by Crippen LogP contribution is 2.34. The molecule has 3 heterocycles. The molecule has 1 unspecified atom stereocenters. The summed E-state index contributed by atoms with van der Waals surface area (Å²) in [6.07, 6.45) is 8.24. The van der Waals surface area contributed by atoms with Crippen LogP contribution in [0.2, 0.25) is 0 Å². The lowest BCUT2D eigenvalue weighted by molar-refractivity contribution is 0.557. The van der Waals surface area contributed by atoms with Crippen molar-refractivity contribution in [1.82, 2.24) is 9.71 Å². The van der Waals surface area contributed by atoms with Gasteiger partial charge in [0.1, 0.15) is 11.1 Å². The van der Waals surface area contributed by atoms with Crippen molar-refractivity contribution < 1.29 is 8.42 Å². The number of nitrogens with zero attached hydrogens (tertiary/aromatic N) is 2. The fourth-order valence-electron chi connectivity index (χ4n) is 2.12. The van der Waals surface area contributed by atoms with E-state index in [9.17, 15) is 8.42 Å². The molecule has 0 fully saturated rings. The van der Waals surface area contributed by atoms with Gasteiger partial charge in [0.25, 0.3) is 0 Å². The Kier molecular flexibility index (Phi) is 2.11. The van der Waals surface area contributed by atoms with Crippen LogP contribution in [0.4, 0.5) is 5.69 Å². The Morgan fingerprint density at radius 2 is 2.29 bits per heavy atom. The average Bonchev–Trinajstić information content (AvgIpc) is 2.28. The first kappa shape index (κ1) is 10.5. The van der Waals surface area contributed by atoms with Gasteiger partial charge in [-0.05, 0) is 25.1 Å². The van der Waals surface area contributed by atoms with E-state index in [1.807, 2.05) is 30.1 Å². The summed E-state index contributed by atoms with van der Waals surface area (Å²) in [4.78, 5) is 6.04. The number of sulfonamides is 1. The Bertz CT molecular complexity index is 634. The van der Waals surface area contributed by atoms with Crippen LogP contribution in [-0.2, 0) is 10.0 Å². The monoisotopic (exact) mass is 249 g/mol. The summed E-state index contributed by atoms with van der Waals surface area (Å²) in [5.74, 6) is 0. The van der Waals surface area contributed by atoms with Gasteiger partial charge in [-0.2, -0.15) is 4.72 Å². The summed E-state index contributed by atoms with van der Waals surface area (Å²) >= 11 is 0. The van der Waals surface area contributed by atoms with Gasteiger partial charge in [0, 0.05) is 18.1 Å². The molecule has 1 N–H and O–H groups in total. The third kappa shape index (κ3) is 1.49. The van der Waals surface area contributed by atoms with E-state index in [2.05, 4.69) is 9.71 Å². The first-order valence-electron chi connectivity index (χ1n) is 5.20. The van der Waals surface area contributed by atoms with Crippen LogP contribution in [0.5, 0.6) is 0 Å². The van der Waals surface area contributed by atoms with E-state index in [4.69, 9.17) is 0 Å². The molecule has 1 aromatic rings. The standard InChI is InChI=1S/C11H11N3O2S/c1-8-3-2-4-11-13-17(15,16)10-7-12-6-5-9(10)14(8)11/h2-7,11,13H,1H3. The summed E-state index contributed by atoms with van der Waals surface area (Å²) in [6.45, 7) is 1.94. The number of rotatable bonds is 0. The van der Waals surface area contributed by atoms with Gasteiger partial charge in [-0.25, -0.2) is 8.42 Å². The number of nitrogens with one attached hydrogen (secondary N) is 1. The number of hydrogen-bond acceptors (Lipinski definition) is 4. The third-order valence-corrected chi connectivity index (χ3v) is 4.32. The van der Waals surface area contributed by atoms with Gasteiger partial charge in [-0.15, -0.1) is 0 Å². The molecule has 1 atom stereocenters. The fourth-order valence-corrected chi connectivity index (χ4v) is 3.39. The number of aromatic nitrogens is 1. The molecule has 0 saturated carbocycles. The van der Waals surface area contributed by atoms with Crippen molar-refractivity contribution in [3.8, 4) is 0 Å². The van der Waals surface area contributed by atoms with Gasteiger partial charge in [0.15, 0.2) is 0 Å². The quantitative estimate of drug-likeness (QED) is 0.744. The molecular weight excluding hydrogens is 238 g/mol. The largest absolute Gasteiger partial charge is 0.324 e. The highest BCUT2D eigenvalue weighted by molar-refractivity contribution is 7.89. The zero-order valence-electron chi connectivity index (χ0n) is 9.16. The van der Waals surface area contributed by atoms with Gasteiger partial charge in [-0.3, -0.25) is 4.98 Å². The van der Waals surface area contributed by atoms with Crippen molar-refractivity contribution in [3.63, 3.8) is 0 Å². The highest BCUT2D eigenvalue weighted by atomic mass is 32.2. The Hall–Kier alpha value is -1.66. The van der Waals surface area contributed by atoms with Crippen molar-refractivity contribution in [3.05, 3.63) is 42.4 Å². The van der Waals surface area contributed by atoms with Crippen LogP contribution in [0, 0.1) is 0 Å². The molecule has 2 aliphatic rings. The van der Waals surface area contributed by atoms with E-state index in [-0.39, 0.29) is 11.1 Å². The second kappa shape index (κ2) is 3.41. The topological polar surface area (TPSA) is 62.3 Å². The van der Waals surface area contributed by atoms with Gasteiger partial charge in [0.2, 0.25) is 10.0 Å². The normalized spacial score (nSPS) is 24.9. The van der Waals surface area contributed by atoms with Crippen LogP contribution >= 0.6 is 0 Å². The van der Waals surface area contributed by atoms with E-state index in [0.29, 0.717) is 5.69 Å². The minimum Gasteiger partial charge on any atom is -0.324 e. The molecule has 0 radical (unpaired) electrons. The number of allylic oxidation sites excluding steroid dienone is 3. The van der Waals surface area contributed by atoms with Crippen LogP contribution in [0.3, 0.4) is 0 Å². The lowest BCUT2D eigenvalue weighted by Crippen LogP contribution is -2.51. The summed E-state index contributed by atoms with van der Waals surface area (Å²) in [7, 11) is -3.47. The average molecular weight is 249 g/mol. The lowest BCUT2D eigenvalue weighted by Gasteiger charge is -2.39. The summed E-state index contributed by atoms with van der Waals surface area (Å²) < 4.78 is 26.6. The molecule has 3 rings (SSSR count). The Morgan fingerprint density at radius 3 is 3.12 bits per heavy atom. The smallest absolute Gasteiger partial charge is 0.246 e. The molecule has 0 aliphatic carbocycles. The fraction of sp³-hybridized carbons (Fsp3) is 0.182. The third-order valence-electron chi connectivity index (χ3n) is 2.88. The number of anilines is 1. The van der Waals surface area contributed by atoms with E-state index >= 15 is 0 Å². The van der Waals surface area contributed by atoms with Gasteiger partial charge < -0.3 is 4.90 Å². The molecular formula is C11H11N3O2S. The van der Waals surface area contributed by atoms with Crippen LogP contribution in [-0.4, -0.2) is 19.6 Å². The summed E-state index contributed by atoms with van der Waals surface area (Å²) in [6, 6.07) is 1.72. The SMILES string of the molecule is CC1=CC=CC2NS(=O)(=O)c3cnccc3N12.